The predicted octanol–water partition coefficient (Wildman–Crippen LogP) is 4.62. The van der Waals surface area contributed by atoms with Crippen molar-refractivity contribution < 1.29 is 9.13 Å². The second kappa shape index (κ2) is 5.95. The van der Waals surface area contributed by atoms with Crippen molar-refractivity contribution in [2.75, 3.05) is 12.4 Å². The van der Waals surface area contributed by atoms with E-state index in [9.17, 15) is 4.39 Å². The fourth-order valence-electron chi connectivity index (χ4n) is 2.20. The number of aryl methyl sites for hydroxylation is 2. The minimum absolute atomic E-state index is 0.0342. The first-order chi connectivity index (χ1) is 9.51. The van der Waals surface area contributed by atoms with Gasteiger partial charge < -0.3 is 10.1 Å². The van der Waals surface area contributed by atoms with Gasteiger partial charge in [-0.15, -0.1) is 0 Å². The van der Waals surface area contributed by atoms with E-state index in [1.165, 1.54) is 11.6 Å². The molecule has 1 N–H and O–H groups in total. The van der Waals surface area contributed by atoms with Gasteiger partial charge in [-0.2, -0.15) is 0 Å². The molecule has 0 fully saturated rings. The topological polar surface area (TPSA) is 21.3 Å². The van der Waals surface area contributed by atoms with Crippen LogP contribution in [0.2, 0.25) is 0 Å². The molecular weight excluding hydrogens is 253 g/mol. The number of hydrogen-bond acceptors (Lipinski definition) is 2. The number of rotatable bonds is 4. The van der Waals surface area contributed by atoms with Gasteiger partial charge >= 0.3 is 0 Å². The minimum atomic E-state index is -0.196. The third-order valence-electron chi connectivity index (χ3n) is 3.41. The number of anilines is 1. The van der Waals surface area contributed by atoms with Crippen molar-refractivity contribution in [1.82, 2.24) is 0 Å². The Kier molecular flexibility index (Phi) is 4.28. The first-order valence-corrected chi connectivity index (χ1v) is 6.68. The van der Waals surface area contributed by atoms with E-state index in [1.807, 2.05) is 32.0 Å². The van der Waals surface area contributed by atoms with Gasteiger partial charge in [0.2, 0.25) is 0 Å². The Morgan fingerprint density at radius 3 is 2.50 bits per heavy atom. The van der Waals surface area contributed by atoms with E-state index >= 15 is 0 Å². The molecule has 0 saturated heterocycles. The number of benzene rings is 2. The molecule has 20 heavy (non-hydrogen) atoms. The Morgan fingerprint density at radius 1 is 1.10 bits per heavy atom. The van der Waals surface area contributed by atoms with Crippen molar-refractivity contribution in [3.05, 3.63) is 58.9 Å². The van der Waals surface area contributed by atoms with E-state index in [4.69, 9.17) is 4.74 Å². The summed E-state index contributed by atoms with van der Waals surface area (Å²) in [6.45, 7) is 5.84. The number of nitrogens with one attached hydrogen (secondary N) is 1. The molecule has 1 unspecified atom stereocenters. The molecule has 0 bridgehead atoms. The van der Waals surface area contributed by atoms with Crippen LogP contribution >= 0.6 is 0 Å². The maximum absolute atomic E-state index is 13.6. The van der Waals surface area contributed by atoms with Crippen LogP contribution in [0.3, 0.4) is 0 Å². The van der Waals surface area contributed by atoms with E-state index in [1.54, 1.807) is 20.1 Å². The highest BCUT2D eigenvalue weighted by atomic mass is 19.1. The van der Waals surface area contributed by atoms with Crippen molar-refractivity contribution >= 4 is 5.69 Å². The van der Waals surface area contributed by atoms with Gasteiger partial charge in [0.15, 0.2) is 0 Å². The summed E-state index contributed by atoms with van der Waals surface area (Å²) in [5, 5.41) is 3.31. The average molecular weight is 273 g/mol. The molecule has 0 aliphatic rings. The Bertz CT molecular complexity index is 610. The van der Waals surface area contributed by atoms with Crippen LogP contribution in [0.25, 0.3) is 0 Å². The molecule has 2 rings (SSSR count). The van der Waals surface area contributed by atoms with Gasteiger partial charge in [0.05, 0.1) is 13.2 Å². The van der Waals surface area contributed by atoms with Crippen molar-refractivity contribution in [3.63, 3.8) is 0 Å². The highest BCUT2D eigenvalue weighted by molar-refractivity contribution is 5.49. The third kappa shape index (κ3) is 3.10. The molecule has 2 nitrogen and oxygen atoms in total. The van der Waals surface area contributed by atoms with Crippen LogP contribution in [-0.4, -0.2) is 7.11 Å². The standard InChI is InChI=1S/C17H20FNO/c1-11-5-8-17(20-4)15(9-11)13(3)19-14-7-6-12(2)16(18)10-14/h5-10,13,19H,1-4H3. The van der Waals surface area contributed by atoms with Crippen LogP contribution < -0.4 is 10.1 Å². The summed E-state index contributed by atoms with van der Waals surface area (Å²) in [5.41, 5.74) is 3.65. The van der Waals surface area contributed by atoms with Gasteiger partial charge in [0.25, 0.3) is 0 Å². The van der Waals surface area contributed by atoms with Gasteiger partial charge in [-0.05, 0) is 44.5 Å². The summed E-state index contributed by atoms with van der Waals surface area (Å²) in [6.07, 6.45) is 0. The number of halogens is 1. The first kappa shape index (κ1) is 14.4. The van der Waals surface area contributed by atoms with Crippen molar-refractivity contribution in [2.45, 2.75) is 26.8 Å². The van der Waals surface area contributed by atoms with Gasteiger partial charge in [-0.1, -0.05) is 23.8 Å². The largest absolute Gasteiger partial charge is 0.496 e. The fourth-order valence-corrected chi connectivity index (χ4v) is 2.20. The zero-order chi connectivity index (χ0) is 14.7. The zero-order valence-electron chi connectivity index (χ0n) is 12.3. The molecule has 1 atom stereocenters. The van der Waals surface area contributed by atoms with E-state index < -0.39 is 0 Å². The quantitative estimate of drug-likeness (QED) is 0.877. The second-order valence-corrected chi connectivity index (χ2v) is 5.08. The monoisotopic (exact) mass is 273 g/mol. The van der Waals surface area contributed by atoms with Crippen LogP contribution in [0.1, 0.15) is 29.7 Å². The molecule has 0 heterocycles. The Balaban J connectivity index is 2.25. The number of ether oxygens (including phenoxy) is 1. The minimum Gasteiger partial charge on any atom is -0.496 e. The van der Waals surface area contributed by atoms with Crippen molar-refractivity contribution in [2.24, 2.45) is 0 Å². The molecule has 0 amide bonds. The van der Waals surface area contributed by atoms with Crippen LogP contribution in [0.5, 0.6) is 5.75 Å². The summed E-state index contributed by atoms with van der Waals surface area (Å²) in [7, 11) is 1.66. The molecule has 2 aromatic rings. The summed E-state index contributed by atoms with van der Waals surface area (Å²) in [4.78, 5) is 0. The molecule has 0 aliphatic heterocycles. The average Bonchev–Trinajstić information content (AvgIpc) is 2.43. The fraction of sp³-hybridized carbons (Fsp3) is 0.294. The molecule has 3 heteroatoms. The number of hydrogen-bond donors (Lipinski definition) is 1. The van der Waals surface area contributed by atoms with E-state index in [0.29, 0.717) is 5.56 Å². The van der Waals surface area contributed by atoms with Crippen molar-refractivity contribution in [3.8, 4) is 5.75 Å². The zero-order valence-corrected chi connectivity index (χ0v) is 12.3. The predicted molar refractivity (Wildman–Crippen MR) is 80.9 cm³/mol. The van der Waals surface area contributed by atoms with E-state index in [-0.39, 0.29) is 11.9 Å². The molecule has 0 spiro atoms. The smallest absolute Gasteiger partial charge is 0.128 e. The van der Waals surface area contributed by atoms with Crippen LogP contribution in [0, 0.1) is 19.7 Å². The molecular formula is C17H20FNO. The lowest BCUT2D eigenvalue weighted by atomic mass is 10.0. The lowest BCUT2D eigenvalue weighted by Gasteiger charge is -2.19. The first-order valence-electron chi connectivity index (χ1n) is 6.68. The SMILES string of the molecule is COc1ccc(C)cc1C(C)Nc1ccc(C)c(F)c1. The maximum atomic E-state index is 13.6. The normalized spacial score (nSPS) is 12.1. The lowest BCUT2D eigenvalue weighted by Crippen LogP contribution is -2.08. The molecule has 106 valence electrons. The van der Waals surface area contributed by atoms with Gasteiger partial charge in [0.1, 0.15) is 11.6 Å². The van der Waals surface area contributed by atoms with Crippen LogP contribution in [0.4, 0.5) is 10.1 Å². The molecule has 0 aromatic heterocycles. The van der Waals surface area contributed by atoms with Crippen LogP contribution in [-0.2, 0) is 0 Å². The summed E-state index contributed by atoms with van der Waals surface area (Å²) in [6, 6.07) is 11.3. The summed E-state index contributed by atoms with van der Waals surface area (Å²) >= 11 is 0. The van der Waals surface area contributed by atoms with Gasteiger partial charge in [-0.25, -0.2) is 4.39 Å². The van der Waals surface area contributed by atoms with E-state index in [2.05, 4.69) is 11.4 Å². The molecule has 0 aliphatic carbocycles. The third-order valence-corrected chi connectivity index (χ3v) is 3.41. The highest BCUT2D eigenvalue weighted by Crippen LogP contribution is 2.29. The lowest BCUT2D eigenvalue weighted by molar-refractivity contribution is 0.408. The summed E-state index contributed by atoms with van der Waals surface area (Å²) in [5.74, 6) is 0.640. The Hall–Kier alpha value is -2.03. The number of methoxy groups -OCH3 is 1. The van der Waals surface area contributed by atoms with Crippen molar-refractivity contribution in [1.29, 1.82) is 0 Å². The Labute approximate surface area is 119 Å². The van der Waals surface area contributed by atoms with Gasteiger partial charge in [0, 0.05) is 11.3 Å². The summed E-state index contributed by atoms with van der Waals surface area (Å²) < 4.78 is 19.0. The van der Waals surface area contributed by atoms with Crippen LogP contribution in [0.15, 0.2) is 36.4 Å². The van der Waals surface area contributed by atoms with Gasteiger partial charge in [-0.3, -0.25) is 0 Å². The molecule has 0 saturated carbocycles. The molecule has 2 aromatic carbocycles. The highest BCUT2D eigenvalue weighted by Gasteiger charge is 2.12. The van der Waals surface area contributed by atoms with E-state index in [0.717, 1.165) is 17.0 Å². The second-order valence-electron chi connectivity index (χ2n) is 5.08. The molecule has 0 radical (unpaired) electrons. The maximum Gasteiger partial charge on any atom is 0.128 e. The Morgan fingerprint density at radius 2 is 1.85 bits per heavy atom.